The maximum absolute atomic E-state index is 13.0. The normalized spacial score (nSPS) is 14.2. The number of aromatic amines is 1. The molecule has 1 aromatic carbocycles. The highest BCUT2D eigenvalue weighted by Crippen LogP contribution is 2.18. The van der Waals surface area contributed by atoms with Gasteiger partial charge in [0.1, 0.15) is 18.1 Å². The minimum absolute atomic E-state index is 0.0590. The van der Waals surface area contributed by atoms with Crippen molar-refractivity contribution in [3.8, 4) is 0 Å². The molecule has 2 aromatic rings. The molecule has 212 valence electrons. The third-order valence-electron chi connectivity index (χ3n) is 5.82. The molecule has 0 fully saturated rings. The summed E-state index contributed by atoms with van der Waals surface area (Å²) in [5.41, 5.74) is 12.9. The van der Waals surface area contributed by atoms with Crippen molar-refractivity contribution in [3.05, 3.63) is 36.0 Å². The number of primary amides is 1. The molecule has 39 heavy (non-hydrogen) atoms. The summed E-state index contributed by atoms with van der Waals surface area (Å²) in [5, 5.41) is 26.2. The first-order chi connectivity index (χ1) is 18.3. The predicted octanol–water partition coefficient (Wildman–Crippen LogP) is -1.03. The molecule has 0 aliphatic rings. The Hall–Kier alpha value is -4.46. The van der Waals surface area contributed by atoms with Crippen LogP contribution in [0.4, 0.5) is 0 Å². The highest BCUT2D eigenvalue weighted by Gasteiger charge is 2.32. The Balaban J connectivity index is 2.14. The van der Waals surface area contributed by atoms with E-state index in [9.17, 15) is 39.0 Å². The van der Waals surface area contributed by atoms with Crippen LogP contribution < -0.4 is 27.4 Å². The van der Waals surface area contributed by atoms with Gasteiger partial charge < -0.3 is 42.6 Å². The second kappa shape index (κ2) is 13.9. The van der Waals surface area contributed by atoms with Crippen molar-refractivity contribution >= 4 is 46.5 Å². The standard InChI is InChI=1S/C25H34N6O8/c1-12(2)7-19(25(38)39)31-24(37)18(10-21(33)34)30-23(36)17(9-20(27)32)29-22(35)15(26)8-13-11-28-16-6-4-3-5-14(13)16/h3-6,11-12,15,17-19,28H,7-10,26H2,1-2H3,(H2,27,32)(H,29,35)(H,30,36)(H,31,37)(H,33,34)(H,38,39). The fourth-order valence-electron chi connectivity index (χ4n) is 3.94. The Bertz CT molecular complexity index is 1230. The number of carbonyl (C=O) groups is 6. The van der Waals surface area contributed by atoms with Crippen molar-refractivity contribution in [2.75, 3.05) is 0 Å². The predicted molar refractivity (Wildman–Crippen MR) is 139 cm³/mol. The number of amides is 4. The van der Waals surface area contributed by atoms with Gasteiger partial charge in [0.05, 0.1) is 18.9 Å². The third-order valence-corrected chi connectivity index (χ3v) is 5.82. The lowest BCUT2D eigenvalue weighted by Crippen LogP contribution is -2.58. The van der Waals surface area contributed by atoms with Gasteiger partial charge in [-0.05, 0) is 30.4 Å². The van der Waals surface area contributed by atoms with Crippen LogP contribution in [0.25, 0.3) is 10.9 Å². The lowest BCUT2D eigenvalue weighted by molar-refractivity contribution is -0.144. The number of aromatic nitrogens is 1. The number of rotatable bonds is 15. The molecule has 1 heterocycles. The van der Waals surface area contributed by atoms with Crippen molar-refractivity contribution in [2.45, 2.75) is 63.7 Å². The van der Waals surface area contributed by atoms with Crippen LogP contribution in [0.1, 0.15) is 38.7 Å². The second-order valence-electron chi connectivity index (χ2n) is 9.59. The lowest BCUT2D eigenvalue weighted by atomic mass is 10.0. The average Bonchev–Trinajstić information content (AvgIpc) is 3.24. The highest BCUT2D eigenvalue weighted by atomic mass is 16.4. The fraction of sp³-hybridized carbons (Fsp3) is 0.440. The molecular formula is C25H34N6O8. The first-order valence-corrected chi connectivity index (χ1v) is 12.2. The number of carbonyl (C=O) groups excluding carboxylic acids is 4. The monoisotopic (exact) mass is 546 g/mol. The van der Waals surface area contributed by atoms with Gasteiger partial charge >= 0.3 is 11.9 Å². The number of benzene rings is 1. The van der Waals surface area contributed by atoms with Crippen molar-refractivity contribution in [1.29, 1.82) is 0 Å². The molecule has 0 bridgehead atoms. The van der Waals surface area contributed by atoms with Gasteiger partial charge in [-0.15, -0.1) is 0 Å². The summed E-state index contributed by atoms with van der Waals surface area (Å²) in [5.74, 6) is -6.77. The zero-order valence-electron chi connectivity index (χ0n) is 21.6. The SMILES string of the molecule is CC(C)CC(NC(=O)C(CC(=O)O)NC(=O)C(CC(N)=O)NC(=O)C(N)Cc1c[nH]c2ccccc12)C(=O)O. The Morgan fingerprint density at radius 1 is 0.872 bits per heavy atom. The zero-order chi connectivity index (χ0) is 29.3. The zero-order valence-corrected chi connectivity index (χ0v) is 21.6. The van der Waals surface area contributed by atoms with Crippen molar-refractivity contribution in [1.82, 2.24) is 20.9 Å². The Kier molecular flexibility index (Phi) is 11.0. The van der Waals surface area contributed by atoms with Gasteiger partial charge in [-0.25, -0.2) is 4.79 Å². The first-order valence-electron chi connectivity index (χ1n) is 12.2. The van der Waals surface area contributed by atoms with E-state index in [0.29, 0.717) is 0 Å². The van der Waals surface area contributed by atoms with E-state index in [0.717, 1.165) is 16.5 Å². The average molecular weight is 547 g/mol. The van der Waals surface area contributed by atoms with E-state index in [2.05, 4.69) is 20.9 Å². The van der Waals surface area contributed by atoms with Crippen LogP contribution in [0.3, 0.4) is 0 Å². The quantitative estimate of drug-likeness (QED) is 0.136. The topological polar surface area (TPSA) is 247 Å². The van der Waals surface area contributed by atoms with E-state index < -0.39 is 72.6 Å². The smallest absolute Gasteiger partial charge is 0.326 e. The van der Waals surface area contributed by atoms with Crippen LogP contribution in [0.5, 0.6) is 0 Å². The molecular weight excluding hydrogens is 512 g/mol. The molecule has 0 aliphatic heterocycles. The Morgan fingerprint density at radius 3 is 2.00 bits per heavy atom. The van der Waals surface area contributed by atoms with Crippen LogP contribution in [-0.4, -0.2) is 74.9 Å². The molecule has 0 aliphatic carbocycles. The molecule has 14 heteroatoms. The van der Waals surface area contributed by atoms with E-state index in [1.54, 1.807) is 20.0 Å². The molecule has 2 rings (SSSR count). The number of nitrogens with one attached hydrogen (secondary N) is 4. The number of carboxylic acid groups (broad SMARTS) is 2. The number of hydrogen-bond donors (Lipinski definition) is 8. The van der Waals surface area contributed by atoms with Gasteiger partial charge in [-0.1, -0.05) is 32.0 Å². The number of fused-ring (bicyclic) bond motifs is 1. The van der Waals surface area contributed by atoms with Gasteiger partial charge in [0, 0.05) is 17.1 Å². The molecule has 4 unspecified atom stereocenters. The minimum Gasteiger partial charge on any atom is -0.481 e. The first kappa shape index (κ1) is 30.8. The van der Waals surface area contributed by atoms with Gasteiger partial charge in [-0.3, -0.25) is 24.0 Å². The number of hydrogen-bond acceptors (Lipinski definition) is 7. The summed E-state index contributed by atoms with van der Waals surface area (Å²) in [6, 6.07) is 1.64. The summed E-state index contributed by atoms with van der Waals surface area (Å²) in [7, 11) is 0. The van der Waals surface area contributed by atoms with Crippen LogP contribution in [-0.2, 0) is 35.2 Å². The fourth-order valence-corrected chi connectivity index (χ4v) is 3.94. The Morgan fingerprint density at radius 2 is 1.44 bits per heavy atom. The van der Waals surface area contributed by atoms with Crippen molar-refractivity contribution in [3.63, 3.8) is 0 Å². The number of para-hydroxylation sites is 1. The van der Waals surface area contributed by atoms with Crippen LogP contribution in [0.2, 0.25) is 0 Å². The van der Waals surface area contributed by atoms with Crippen LogP contribution in [0.15, 0.2) is 30.5 Å². The van der Waals surface area contributed by atoms with Crippen LogP contribution >= 0.6 is 0 Å². The summed E-state index contributed by atoms with van der Waals surface area (Å²) in [6.45, 7) is 3.47. The maximum Gasteiger partial charge on any atom is 0.326 e. The van der Waals surface area contributed by atoms with E-state index in [1.807, 2.05) is 24.3 Å². The summed E-state index contributed by atoms with van der Waals surface area (Å²) < 4.78 is 0. The van der Waals surface area contributed by atoms with Crippen LogP contribution in [0, 0.1) is 5.92 Å². The lowest BCUT2D eigenvalue weighted by Gasteiger charge is -2.24. The second-order valence-corrected chi connectivity index (χ2v) is 9.59. The summed E-state index contributed by atoms with van der Waals surface area (Å²) in [4.78, 5) is 76.0. The third kappa shape index (κ3) is 9.41. The van der Waals surface area contributed by atoms with Gasteiger partial charge in [0.25, 0.3) is 0 Å². The Labute approximate surface area is 223 Å². The molecule has 4 amide bonds. The minimum atomic E-state index is -1.70. The van der Waals surface area contributed by atoms with Crippen molar-refractivity contribution in [2.24, 2.45) is 17.4 Å². The van der Waals surface area contributed by atoms with E-state index in [4.69, 9.17) is 11.5 Å². The molecule has 1 aromatic heterocycles. The molecule has 0 spiro atoms. The van der Waals surface area contributed by atoms with Gasteiger partial charge in [0.15, 0.2) is 0 Å². The number of carboxylic acids is 2. The van der Waals surface area contributed by atoms with Gasteiger partial charge in [-0.2, -0.15) is 0 Å². The number of aliphatic carboxylic acids is 2. The molecule has 4 atom stereocenters. The van der Waals surface area contributed by atoms with E-state index in [-0.39, 0.29) is 18.8 Å². The molecule has 14 nitrogen and oxygen atoms in total. The molecule has 0 saturated heterocycles. The molecule has 0 saturated carbocycles. The van der Waals surface area contributed by atoms with Gasteiger partial charge in [0.2, 0.25) is 23.6 Å². The largest absolute Gasteiger partial charge is 0.481 e. The maximum atomic E-state index is 13.0. The number of nitrogens with two attached hydrogens (primary N) is 2. The number of H-pyrrole nitrogens is 1. The van der Waals surface area contributed by atoms with Crippen molar-refractivity contribution < 1.29 is 39.0 Å². The van der Waals surface area contributed by atoms with E-state index in [1.165, 1.54) is 0 Å². The summed E-state index contributed by atoms with van der Waals surface area (Å²) in [6.07, 6.45) is 0.303. The van der Waals surface area contributed by atoms with E-state index >= 15 is 0 Å². The molecule has 0 radical (unpaired) electrons. The summed E-state index contributed by atoms with van der Waals surface area (Å²) >= 11 is 0. The highest BCUT2D eigenvalue weighted by molar-refractivity contribution is 5.97. The molecule has 10 N–H and O–H groups in total.